The SMILES string of the molecule is C[C@H](Sc1n[nH]c(/C=C\c2ccc(F)cc2)n1)C(=O)NC(C)(C)C. The van der Waals surface area contributed by atoms with Crippen LogP contribution in [0.4, 0.5) is 4.39 Å². The highest BCUT2D eigenvalue weighted by atomic mass is 32.2. The number of H-pyrrole nitrogens is 1. The van der Waals surface area contributed by atoms with Crippen molar-refractivity contribution in [3.63, 3.8) is 0 Å². The zero-order valence-electron chi connectivity index (χ0n) is 14.1. The van der Waals surface area contributed by atoms with Gasteiger partial charge in [0.15, 0.2) is 0 Å². The lowest BCUT2D eigenvalue weighted by atomic mass is 10.1. The maximum absolute atomic E-state index is 12.9. The first kappa shape index (κ1) is 18.2. The Morgan fingerprint density at radius 1 is 1.29 bits per heavy atom. The van der Waals surface area contributed by atoms with Crippen molar-refractivity contribution < 1.29 is 9.18 Å². The van der Waals surface area contributed by atoms with Crippen molar-refractivity contribution in [3.8, 4) is 0 Å². The van der Waals surface area contributed by atoms with Crippen LogP contribution in [-0.2, 0) is 4.79 Å². The zero-order chi connectivity index (χ0) is 17.7. The van der Waals surface area contributed by atoms with Crippen LogP contribution in [0, 0.1) is 5.82 Å². The number of carbonyl (C=O) groups excluding carboxylic acids is 1. The number of halogens is 1. The Morgan fingerprint density at radius 3 is 2.58 bits per heavy atom. The summed E-state index contributed by atoms with van der Waals surface area (Å²) in [6, 6.07) is 6.15. The van der Waals surface area contributed by atoms with E-state index in [2.05, 4.69) is 20.5 Å². The minimum Gasteiger partial charge on any atom is -0.351 e. The summed E-state index contributed by atoms with van der Waals surface area (Å²) in [4.78, 5) is 16.4. The minimum atomic E-state index is -0.297. The molecule has 0 saturated heterocycles. The lowest BCUT2D eigenvalue weighted by Crippen LogP contribution is -2.44. The van der Waals surface area contributed by atoms with Gasteiger partial charge in [-0.15, -0.1) is 5.10 Å². The maximum atomic E-state index is 12.9. The second-order valence-corrected chi connectivity index (χ2v) is 7.70. The number of nitrogens with zero attached hydrogens (tertiary/aromatic N) is 2. The molecule has 7 heteroatoms. The second kappa shape index (κ2) is 7.61. The molecule has 1 amide bonds. The third kappa shape index (κ3) is 5.81. The Kier molecular flexibility index (Phi) is 5.77. The fourth-order valence-electron chi connectivity index (χ4n) is 1.82. The molecule has 2 rings (SSSR count). The summed E-state index contributed by atoms with van der Waals surface area (Å²) in [5, 5.41) is 10.0. The highest BCUT2D eigenvalue weighted by Crippen LogP contribution is 2.20. The van der Waals surface area contributed by atoms with Crippen molar-refractivity contribution in [1.29, 1.82) is 0 Å². The molecule has 1 heterocycles. The molecular formula is C17H21FN4OS. The number of hydrogen-bond donors (Lipinski definition) is 2. The Morgan fingerprint density at radius 2 is 1.96 bits per heavy atom. The molecule has 0 aliphatic carbocycles. The van der Waals surface area contributed by atoms with Gasteiger partial charge in [0.2, 0.25) is 11.1 Å². The van der Waals surface area contributed by atoms with E-state index in [0.717, 1.165) is 5.56 Å². The summed E-state index contributed by atoms with van der Waals surface area (Å²) in [5.74, 6) is 0.249. The number of rotatable bonds is 5. The van der Waals surface area contributed by atoms with E-state index in [1.165, 1.54) is 23.9 Å². The molecule has 5 nitrogen and oxygen atoms in total. The van der Waals surface area contributed by atoms with Gasteiger partial charge in [0.05, 0.1) is 5.25 Å². The summed E-state index contributed by atoms with van der Waals surface area (Å²) in [6.07, 6.45) is 3.56. The summed E-state index contributed by atoms with van der Waals surface area (Å²) < 4.78 is 12.9. The molecular weight excluding hydrogens is 327 g/mol. The van der Waals surface area contributed by atoms with E-state index in [1.807, 2.05) is 33.8 Å². The standard InChI is InChI=1S/C17H21FN4OS/c1-11(15(23)20-17(2,3)4)24-16-19-14(21-22-16)10-7-12-5-8-13(18)9-6-12/h5-11H,1-4H3,(H,20,23)(H,19,21,22)/b10-7-/t11-/m0/s1. The molecule has 0 bridgehead atoms. The fraction of sp³-hybridized carbons (Fsp3) is 0.353. The molecule has 128 valence electrons. The number of hydrogen-bond acceptors (Lipinski definition) is 4. The third-order valence-electron chi connectivity index (χ3n) is 2.94. The van der Waals surface area contributed by atoms with Gasteiger partial charge in [-0.3, -0.25) is 9.89 Å². The summed E-state index contributed by atoms with van der Waals surface area (Å²) in [7, 11) is 0. The highest BCUT2D eigenvalue weighted by Gasteiger charge is 2.21. The van der Waals surface area contributed by atoms with Crippen LogP contribution in [0.5, 0.6) is 0 Å². The highest BCUT2D eigenvalue weighted by molar-refractivity contribution is 8.00. The fourth-order valence-corrected chi connectivity index (χ4v) is 2.55. The Balaban J connectivity index is 1.95. The van der Waals surface area contributed by atoms with E-state index in [1.54, 1.807) is 18.2 Å². The molecule has 2 N–H and O–H groups in total. The van der Waals surface area contributed by atoms with Gasteiger partial charge in [-0.2, -0.15) is 0 Å². The predicted molar refractivity (Wildman–Crippen MR) is 94.9 cm³/mol. The normalized spacial score (nSPS) is 13.2. The molecule has 0 spiro atoms. The lowest BCUT2D eigenvalue weighted by Gasteiger charge is -2.22. The predicted octanol–water partition coefficient (Wildman–Crippen LogP) is 3.51. The van der Waals surface area contributed by atoms with E-state index < -0.39 is 0 Å². The average Bonchev–Trinajstić information content (AvgIpc) is 2.92. The number of nitrogens with one attached hydrogen (secondary N) is 2. The number of aromatic amines is 1. The molecule has 0 aliphatic heterocycles. The number of aromatic nitrogens is 3. The Hall–Kier alpha value is -2.15. The number of thioether (sulfide) groups is 1. The van der Waals surface area contributed by atoms with Gasteiger partial charge >= 0.3 is 0 Å². The second-order valence-electron chi connectivity index (χ2n) is 6.39. The summed E-state index contributed by atoms with van der Waals surface area (Å²) in [6.45, 7) is 7.63. The molecule has 1 atom stereocenters. The van der Waals surface area contributed by atoms with Gasteiger partial charge < -0.3 is 5.32 Å². The molecule has 0 aliphatic rings. The van der Waals surface area contributed by atoms with Gasteiger partial charge in [0.25, 0.3) is 0 Å². The topological polar surface area (TPSA) is 70.7 Å². The van der Waals surface area contributed by atoms with Gasteiger partial charge in [0.1, 0.15) is 11.6 Å². The Labute approximate surface area is 145 Å². The van der Waals surface area contributed by atoms with Crippen LogP contribution in [0.2, 0.25) is 0 Å². The van der Waals surface area contributed by atoms with Crippen molar-refractivity contribution in [3.05, 3.63) is 41.5 Å². The molecule has 0 radical (unpaired) electrons. The van der Waals surface area contributed by atoms with Crippen molar-refractivity contribution in [2.24, 2.45) is 0 Å². The van der Waals surface area contributed by atoms with Gasteiger partial charge in [-0.05, 0) is 51.5 Å². The van der Waals surface area contributed by atoms with Crippen molar-refractivity contribution in [2.75, 3.05) is 0 Å². The lowest BCUT2D eigenvalue weighted by molar-refractivity contribution is -0.121. The molecule has 24 heavy (non-hydrogen) atoms. The molecule has 1 aromatic carbocycles. The van der Waals surface area contributed by atoms with Crippen LogP contribution < -0.4 is 5.32 Å². The number of benzene rings is 1. The van der Waals surface area contributed by atoms with E-state index in [-0.39, 0.29) is 22.5 Å². The van der Waals surface area contributed by atoms with Gasteiger partial charge in [0, 0.05) is 5.54 Å². The van der Waals surface area contributed by atoms with Crippen molar-refractivity contribution in [2.45, 2.75) is 43.6 Å². The van der Waals surface area contributed by atoms with Crippen LogP contribution in [0.1, 0.15) is 39.1 Å². The maximum Gasteiger partial charge on any atom is 0.233 e. The van der Waals surface area contributed by atoms with E-state index in [4.69, 9.17) is 0 Å². The van der Waals surface area contributed by atoms with E-state index in [0.29, 0.717) is 11.0 Å². The van der Waals surface area contributed by atoms with E-state index in [9.17, 15) is 9.18 Å². The molecule has 1 aromatic heterocycles. The third-order valence-corrected chi connectivity index (χ3v) is 3.90. The summed E-state index contributed by atoms with van der Waals surface area (Å²) in [5.41, 5.74) is 0.591. The Bertz CT molecular complexity index is 719. The molecule has 0 unspecified atom stereocenters. The first-order valence-corrected chi connectivity index (χ1v) is 8.46. The largest absolute Gasteiger partial charge is 0.351 e. The first-order chi connectivity index (χ1) is 11.2. The van der Waals surface area contributed by atoms with Crippen molar-refractivity contribution >= 4 is 29.8 Å². The van der Waals surface area contributed by atoms with Gasteiger partial charge in [-0.1, -0.05) is 30.0 Å². The van der Waals surface area contributed by atoms with Crippen LogP contribution in [0.15, 0.2) is 29.4 Å². The van der Waals surface area contributed by atoms with Crippen LogP contribution in [0.25, 0.3) is 12.2 Å². The molecule has 0 saturated carbocycles. The summed E-state index contributed by atoms with van der Waals surface area (Å²) >= 11 is 1.29. The van der Waals surface area contributed by atoms with E-state index >= 15 is 0 Å². The van der Waals surface area contributed by atoms with Gasteiger partial charge in [-0.25, -0.2) is 9.37 Å². The number of amides is 1. The monoisotopic (exact) mass is 348 g/mol. The quantitative estimate of drug-likeness (QED) is 0.811. The zero-order valence-corrected chi connectivity index (χ0v) is 14.9. The van der Waals surface area contributed by atoms with Crippen LogP contribution in [-0.4, -0.2) is 31.9 Å². The average molecular weight is 348 g/mol. The smallest absolute Gasteiger partial charge is 0.233 e. The number of carbonyl (C=O) groups is 1. The minimum absolute atomic E-state index is 0.0549. The van der Waals surface area contributed by atoms with Crippen LogP contribution >= 0.6 is 11.8 Å². The van der Waals surface area contributed by atoms with Crippen LogP contribution in [0.3, 0.4) is 0 Å². The first-order valence-electron chi connectivity index (χ1n) is 7.58. The molecule has 2 aromatic rings. The molecule has 0 fully saturated rings. The van der Waals surface area contributed by atoms with Crippen molar-refractivity contribution in [1.82, 2.24) is 20.5 Å².